The Hall–Kier alpha value is -6.12. The van der Waals surface area contributed by atoms with Gasteiger partial charge in [-0.3, -0.25) is 0 Å². The Bertz CT molecular complexity index is 2680. The van der Waals surface area contributed by atoms with Gasteiger partial charge in [-0.25, -0.2) is 0 Å². The molecule has 1 aliphatic carbocycles. The first-order valence-corrected chi connectivity index (χ1v) is 18.8. The maximum absolute atomic E-state index is 5.69. The van der Waals surface area contributed by atoms with Crippen LogP contribution in [0.5, 0.6) is 5.75 Å². The number of hydrogen-bond donors (Lipinski definition) is 0. The average Bonchev–Trinajstić information content (AvgIpc) is 3.46. The Labute approximate surface area is 320 Å². The van der Waals surface area contributed by atoms with Crippen LogP contribution in [0, 0.1) is 13.8 Å². The number of fused-ring (bicyclic) bond motifs is 6. The quantitative estimate of drug-likeness (QED) is 0.0955. The average molecular weight is 697 g/mol. The topological polar surface area (TPSA) is 9.23 Å². The Balaban J connectivity index is 0.00000203. The zero-order chi connectivity index (χ0) is 37.6. The van der Waals surface area contributed by atoms with Gasteiger partial charge in [-0.2, -0.15) is 0 Å². The molecule has 0 saturated carbocycles. The van der Waals surface area contributed by atoms with Gasteiger partial charge in [0.2, 0.25) is 6.71 Å². The Morgan fingerprint density at radius 1 is 0.444 bits per heavy atom. The predicted molar refractivity (Wildman–Crippen MR) is 235 cm³/mol. The molecule has 8 aromatic carbocycles. The molecule has 262 valence electrons. The van der Waals surface area contributed by atoms with Crippen LogP contribution >= 0.6 is 0 Å². The zero-order valence-corrected chi connectivity index (χ0v) is 31.9. The zero-order valence-electron chi connectivity index (χ0n) is 31.9. The van der Waals surface area contributed by atoms with Crippen molar-refractivity contribution in [2.24, 2.45) is 0 Å². The first kappa shape index (κ1) is 34.9. The molecular weight excluding hydrogens is 651 g/mol. The minimum absolute atomic E-state index is 0.0306. The van der Waals surface area contributed by atoms with Crippen molar-refractivity contribution >= 4 is 44.6 Å². The molecule has 1 nitrogen and oxygen atoms in total. The third-order valence-corrected chi connectivity index (χ3v) is 11.8. The molecular formula is C52H45BO. The van der Waals surface area contributed by atoms with Gasteiger partial charge in [0, 0.05) is 11.0 Å². The number of methoxy groups -OCH3 is 1. The van der Waals surface area contributed by atoms with Crippen LogP contribution in [0.4, 0.5) is 0 Å². The molecule has 9 rings (SSSR count). The molecule has 0 unspecified atom stereocenters. The summed E-state index contributed by atoms with van der Waals surface area (Å²) >= 11 is 0. The molecule has 0 N–H and O–H groups in total. The van der Waals surface area contributed by atoms with E-state index in [2.05, 4.69) is 186 Å². The molecule has 2 heteroatoms. The van der Waals surface area contributed by atoms with Gasteiger partial charge in [-0.05, 0) is 97.6 Å². The van der Waals surface area contributed by atoms with Crippen LogP contribution in [0.1, 0.15) is 36.1 Å². The molecule has 0 heterocycles. The summed E-state index contributed by atoms with van der Waals surface area (Å²) in [5, 5.41) is 5.29. The summed E-state index contributed by atoms with van der Waals surface area (Å²) in [5.41, 5.74) is 16.7. The van der Waals surface area contributed by atoms with Crippen molar-refractivity contribution in [3.8, 4) is 39.1 Å². The molecule has 0 spiro atoms. The second-order valence-electron chi connectivity index (χ2n) is 14.9. The minimum atomic E-state index is -0.0306. The van der Waals surface area contributed by atoms with E-state index in [4.69, 9.17) is 4.74 Å². The van der Waals surface area contributed by atoms with Gasteiger partial charge in [-0.1, -0.05) is 176 Å². The number of benzene rings is 8. The summed E-state index contributed by atoms with van der Waals surface area (Å²) in [4.78, 5) is 0. The first-order valence-electron chi connectivity index (χ1n) is 18.8. The van der Waals surface area contributed by atoms with Crippen molar-refractivity contribution in [1.29, 1.82) is 0 Å². The van der Waals surface area contributed by atoms with Crippen molar-refractivity contribution in [2.75, 3.05) is 7.11 Å². The Morgan fingerprint density at radius 3 is 1.78 bits per heavy atom. The van der Waals surface area contributed by atoms with Gasteiger partial charge in [-0.15, -0.1) is 13.2 Å². The molecule has 0 radical (unpaired) electrons. The molecule has 8 aromatic rings. The molecule has 1 aliphatic rings. The first-order chi connectivity index (χ1) is 26.3. The molecule has 0 amide bonds. The molecule has 0 saturated heterocycles. The fourth-order valence-electron chi connectivity index (χ4n) is 8.85. The second-order valence-corrected chi connectivity index (χ2v) is 14.9. The lowest BCUT2D eigenvalue weighted by Gasteiger charge is -2.23. The van der Waals surface area contributed by atoms with Crippen LogP contribution in [0.15, 0.2) is 171 Å². The highest BCUT2D eigenvalue weighted by Gasteiger charge is 2.36. The van der Waals surface area contributed by atoms with Crippen LogP contribution in [-0.2, 0) is 5.41 Å². The smallest absolute Gasteiger partial charge is 0.241 e. The highest BCUT2D eigenvalue weighted by atomic mass is 16.5. The summed E-state index contributed by atoms with van der Waals surface area (Å²) in [7, 11) is 1.73. The van der Waals surface area contributed by atoms with E-state index in [1.54, 1.807) is 7.11 Å². The Morgan fingerprint density at radius 2 is 1.02 bits per heavy atom. The van der Waals surface area contributed by atoms with Crippen LogP contribution in [0.25, 0.3) is 54.9 Å². The Kier molecular flexibility index (Phi) is 9.08. The summed E-state index contributed by atoms with van der Waals surface area (Å²) in [5.74, 6) is 0.881. The van der Waals surface area contributed by atoms with E-state index in [9.17, 15) is 0 Å². The fraction of sp³-hybridized carbons (Fsp3) is 0.115. The molecule has 0 aliphatic heterocycles. The predicted octanol–water partition coefficient (Wildman–Crippen LogP) is 11.6. The minimum Gasteiger partial charge on any atom is -0.496 e. The number of aryl methyl sites for hydroxylation is 2. The van der Waals surface area contributed by atoms with Crippen molar-refractivity contribution in [3.63, 3.8) is 0 Å². The monoisotopic (exact) mass is 696 g/mol. The number of rotatable bonds is 6. The summed E-state index contributed by atoms with van der Waals surface area (Å²) in [6.45, 7) is 15.3. The maximum Gasteiger partial charge on any atom is 0.241 e. The largest absolute Gasteiger partial charge is 0.496 e. The van der Waals surface area contributed by atoms with E-state index in [0.717, 1.165) is 16.9 Å². The van der Waals surface area contributed by atoms with E-state index >= 15 is 0 Å². The van der Waals surface area contributed by atoms with Crippen molar-refractivity contribution in [1.82, 2.24) is 0 Å². The lowest BCUT2D eigenvalue weighted by atomic mass is 9.36. The van der Waals surface area contributed by atoms with E-state index in [0.29, 0.717) is 0 Å². The molecule has 0 bridgehead atoms. The van der Waals surface area contributed by atoms with Crippen LogP contribution < -0.4 is 21.1 Å². The third-order valence-electron chi connectivity index (χ3n) is 11.8. The fourth-order valence-corrected chi connectivity index (χ4v) is 8.85. The van der Waals surface area contributed by atoms with Crippen LogP contribution in [-0.4, -0.2) is 13.8 Å². The van der Waals surface area contributed by atoms with Crippen molar-refractivity contribution in [2.45, 2.75) is 33.1 Å². The number of ether oxygens (including phenoxy) is 1. The van der Waals surface area contributed by atoms with Gasteiger partial charge in [0.15, 0.2) is 0 Å². The van der Waals surface area contributed by atoms with Gasteiger partial charge in [0.1, 0.15) is 5.75 Å². The van der Waals surface area contributed by atoms with Crippen LogP contribution in [0.2, 0.25) is 0 Å². The van der Waals surface area contributed by atoms with E-state index in [1.807, 2.05) is 12.1 Å². The highest BCUT2D eigenvalue weighted by molar-refractivity contribution is 6.95. The lowest BCUT2D eigenvalue weighted by Crippen LogP contribution is -2.52. The lowest BCUT2D eigenvalue weighted by molar-refractivity contribution is 0.416. The summed E-state index contributed by atoms with van der Waals surface area (Å²) in [6, 6.07) is 58.5. The molecule has 0 aromatic heterocycles. The van der Waals surface area contributed by atoms with Crippen molar-refractivity contribution < 1.29 is 4.74 Å². The van der Waals surface area contributed by atoms with E-state index in [1.165, 1.54) is 82.4 Å². The number of para-hydroxylation sites is 1. The van der Waals surface area contributed by atoms with Gasteiger partial charge in [0.25, 0.3) is 0 Å². The second kappa shape index (κ2) is 14.0. The summed E-state index contributed by atoms with van der Waals surface area (Å²) < 4.78 is 5.69. The van der Waals surface area contributed by atoms with E-state index < -0.39 is 0 Å². The third kappa shape index (κ3) is 5.74. The maximum atomic E-state index is 5.69. The molecule has 0 atom stereocenters. The standard InChI is InChI=1S/C50H41BO.C2H4/c1-32-33(2)41-27-25-38(30-45(41)43-17-7-6-15-40(32)43)51(39-26-28-48-46(31-39)44-18-8-10-19-47(44)50(48,3)4)37-23-21-34(22-24-37)35-13-12-14-36(29-35)42-16-9-11-20-49(42)52-5;1-2/h6-31H,1-5H3;1-2H2. The van der Waals surface area contributed by atoms with E-state index in [-0.39, 0.29) is 12.1 Å². The summed E-state index contributed by atoms with van der Waals surface area (Å²) in [6.07, 6.45) is 0. The number of hydrogen-bond acceptors (Lipinski definition) is 1. The highest BCUT2D eigenvalue weighted by Crippen LogP contribution is 2.48. The van der Waals surface area contributed by atoms with Crippen molar-refractivity contribution in [3.05, 3.63) is 193 Å². The van der Waals surface area contributed by atoms with Gasteiger partial charge < -0.3 is 4.74 Å². The molecule has 0 fully saturated rings. The van der Waals surface area contributed by atoms with Gasteiger partial charge >= 0.3 is 0 Å². The molecule has 54 heavy (non-hydrogen) atoms. The van der Waals surface area contributed by atoms with Crippen LogP contribution in [0.3, 0.4) is 0 Å². The van der Waals surface area contributed by atoms with Gasteiger partial charge in [0.05, 0.1) is 7.11 Å². The normalized spacial score (nSPS) is 12.5. The SMILES string of the molecule is C=C.COc1ccccc1-c1cccc(-c2ccc(B(c3ccc4c(c3)-c3ccccc3C4(C)C)c3ccc4c(C)c(C)c5ccccc5c4c3)cc2)c1.